The molecule has 1 saturated heterocycles. The number of methoxy groups -OCH3 is 2. The van der Waals surface area contributed by atoms with Crippen molar-refractivity contribution in [3.8, 4) is 11.5 Å². The summed E-state index contributed by atoms with van der Waals surface area (Å²) in [5.41, 5.74) is 0.193. The van der Waals surface area contributed by atoms with Gasteiger partial charge >= 0.3 is 0 Å². The summed E-state index contributed by atoms with van der Waals surface area (Å²) >= 11 is 2.18. The quantitative estimate of drug-likeness (QED) is 0.698. The minimum atomic E-state index is -0.623. The Balaban J connectivity index is 1.89. The number of hydrogen-bond acceptors (Lipinski definition) is 6. The zero-order valence-electron chi connectivity index (χ0n) is 14.4. The molecule has 2 heterocycles. The molecule has 25 heavy (non-hydrogen) atoms. The van der Waals surface area contributed by atoms with E-state index in [-0.39, 0.29) is 0 Å². The smallest absolute Gasteiger partial charge is 0.162 e. The Kier molecular flexibility index (Phi) is 5.63. The minimum absolute atomic E-state index is 0.623. The van der Waals surface area contributed by atoms with E-state index >= 15 is 0 Å². The van der Waals surface area contributed by atoms with Crippen LogP contribution in [0.3, 0.4) is 0 Å². The van der Waals surface area contributed by atoms with Gasteiger partial charge in [0, 0.05) is 24.5 Å². The van der Waals surface area contributed by atoms with Gasteiger partial charge in [-0.2, -0.15) is 0 Å². The van der Waals surface area contributed by atoms with Gasteiger partial charge in [0.1, 0.15) is 12.1 Å². The van der Waals surface area contributed by atoms with Gasteiger partial charge in [-0.05, 0) is 29.4 Å². The van der Waals surface area contributed by atoms with Crippen LogP contribution in [0, 0.1) is 0 Å². The molecule has 0 amide bonds. The summed E-state index contributed by atoms with van der Waals surface area (Å²) in [6, 6.07) is 3.79. The van der Waals surface area contributed by atoms with Crippen LogP contribution in [-0.2, 0) is 0 Å². The van der Waals surface area contributed by atoms with Gasteiger partial charge in [0.25, 0.3) is 0 Å². The van der Waals surface area contributed by atoms with E-state index in [2.05, 4.69) is 37.5 Å². The van der Waals surface area contributed by atoms with E-state index in [1.54, 1.807) is 20.5 Å². The van der Waals surface area contributed by atoms with Crippen molar-refractivity contribution in [1.29, 1.82) is 0 Å². The van der Waals surface area contributed by atoms with E-state index in [9.17, 15) is 5.11 Å². The zero-order chi connectivity index (χ0) is 17.9. The third-order valence-corrected chi connectivity index (χ3v) is 5.21. The molecular formula is C18H22IN3O3. The molecule has 1 aromatic heterocycles. The Labute approximate surface area is 161 Å². The first kappa shape index (κ1) is 18.2. The number of halogens is 1. The van der Waals surface area contributed by atoms with Crippen LogP contribution in [0.1, 0.15) is 19.3 Å². The fourth-order valence-corrected chi connectivity index (χ4v) is 3.48. The van der Waals surface area contributed by atoms with Crippen molar-refractivity contribution in [2.75, 3.05) is 32.2 Å². The highest BCUT2D eigenvalue weighted by atomic mass is 127. The molecule has 0 saturated carbocycles. The Morgan fingerprint density at radius 3 is 2.52 bits per heavy atom. The SMILES string of the molecule is COc1cc2ncnc(N3CCC(O)(CC=CI)CC3)c2cc1OC. The third-order valence-electron chi connectivity index (χ3n) is 4.70. The predicted octanol–water partition coefficient (Wildman–Crippen LogP) is 3.32. The van der Waals surface area contributed by atoms with E-state index in [4.69, 9.17) is 9.47 Å². The molecule has 6 nitrogen and oxygen atoms in total. The van der Waals surface area contributed by atoms with Gasteiger partial charge in [-0.3, -0.25) is 0 Å². The number of piperidine rings is 1. The Bertz CT molecular complexity index is 773. The number of rotatable bonds is 5. The molecule has 1 N–H and O–H groups in total. The van der Waals surface area contributed by atoms with Gasteiger partial charge < -0.3 is 19.5 Å². The summed E-state index contributed by atoms with van der Waals surface area (Å²) in [5, 5.41) is 11.6. The van der Waals surface area contributed by atoms with Crippen LogP contribution in [-0.4, -0.2) is 48.0 Å². The van der Waals surface area contributed by atoms with Crippen LogP contribution in [0.25, 0.3) is 10.9 Å². The first-order valence-corrected chi connectivity index (χ1v) is 9.44. The zero-order valence-corrected chi connectivity index (χ0v) is 16.6. The molecule has 0 spiro atoms. The highest BCUT2D eigenvalue weighted by molar-refractivity contribution is 14.1. The summed E-state index contributed by atoms with van der Waals surface area (Å²) < 4.78 is 12.7. The maximum atomic E-state index is 10.7. The van der Waals surface area contributed by atoms with Gasteiger partial charge in [0.2, 0.25) is 0 Å². The van der Waals surface area contributed by atoms with Crippen molar-refractivity contribution in [1.82, 2.24) is 9.97 Å². The van der Waals surface area contributed by atoms with E-state index in [1.807, 2.05) is 22.3 Å². The third kappa shape index (κ3) is 3.82. The second-order valence-electron chi connectivity index (χ2n) is 6.20. The minimum Gasteiger partial charge on any atom is -0.493 e. The van der Waals surface area contributed by atoms with E-state index in [0.29, 0.717) is 30.8 Å². The molecule has 0 aliphatic carbocycles. The lowest BCUT2D eigenvalue weighted by Crippen LogP contribution is -2.44. The van der Waals surface area contributed by atoms with Gasteiger partial charge in [-0.1, -0.05) is 28.7 Å². The van der Waals surface area contributed by atoms with Crippen LogP contribution >= 0.6 is 22.6 Å². The van der Waals surface area contributed by atoms with E-state index in [1.165, 1.54) is 0 Å². The number of benzene rings is 1. The monoisotopic (exact) mass is 455 g/mol. The first-order valence-electron chi connectivity index (χ1n) is 8.19. The van der Waals surface area contributed by atoms with Gasteiger partial charge in [-0.25, -0.2) is 9.97 Å². The molecule has 0 atom stereocenters. The molecule has 1 aromatic carbocycles. The van der Waals surface area contributed by atoms with Crippen molar-refractivity contribution in [3.63, 3.8) is 0 Å². The summed E-state index contributed by atoms with van der Waals surface area (Å²) in [5.74, 6) is 2.18. The molecule has 0 bridgehead atoms. The van der Waals surface area contributed by atoms with Gasteiger partial charge in [-0.15, -0.1) is 0 Å². The van der Waals surface area contributed by atoms with Gasteiger partial charge in [0.05, 0.1) is 25.3 Å². The van der Waals surface area contributed by atoms with Crippen LogP contribution in [0.2, 0.25) is 0 Å². The molecule has 1 aliphatic heterocycles. The molecule has 7 heteroatoms. The van der Waals surface area contributed by atoms with Crippen molar-refractivity contribution >= 4 is 39.3 Å². The lowest BCUT2D eigenvalue weighted by Gasteiger charge is -2.38. The van der Waals surface area contributed by atoms with Crippen LogP contribution in [0.15, 0.2) is 28.6 Å². The number of aliphatic hydroxyl groups is 1. The van der Waals surface area contributed by atoms with E-state index in [0.717, 1.165) is 29.8 Å². The number of hydrogen-bond donors (Lipinski definition) is 1. The second-order valence-corrected chi connectivity index (χ2v) is 6.92. The Morgan fingerprint density at radius 1 is 1.20 bits per heavy atom. The number of fused-ring (bicyclic) bond motifs is 1. The molecular weight excluding hydrogens is 433 g/mol. The van der Waals surface area contributed by atoms with Crippen molar-refractivity contribution < 1.29 is 14.6 Å². The molecule has 0 radical (unpaired) electrons. The van der Waals surface area contributed by atoms with Crippen molar-refractivity contribution in [2.24, 2.45) is 0 Å². The summed E-state index contributed by atoms with van der Waals surface area (Å²) in [6.45, 7) is 1.51. The van der Waals surface area contributed by atoms with E-state index < -0.39 is 5.60 Å². The highest BCUT2D eigenvalue weighted by Crippen LogP contribution is 2.36. The number of anilines is 1. The lowest BCUT2D eigenvalue weighted by molar-refractivity contribution is 0.0191. The maximum Gasteiger partial charge on any atom is 0.162 e. The fraction of sp³-hybridized carbons (Fsp3) is 0.444. The number of nitrogens with zero attached hydrogens (tertiary/aromatic N) is 3. The number of ether oxygens (including phenoxy) is 2. The average Bonchev–Trinajstić information content (AvgIpc) is 2.65. The Hall–Kier alpha value is -1.61. The first-order chi connectivity index (χ1) is 12.1. The molecule has 3 rings (SSSR count). The Morgan fingerprint density at radius 2 is 1.88 bits per heavy atom. The summed E-state index contributed by atoms with van der Waals surface area (Å²) in [4.78, 5) is 11.1. The molecule has 0 unspecified atom stereocenters. The molecule has 2 aromatic rings. The highest BCUT2D eigenvalue weighted by Gasteiger charge is 2.32. The maximum absolute atomic E-state index is 10.7. The standard InChI is InChI=1S/C18H22IN3O3/c1-24-15-10-13-14(11-16(15)25-2)20-12-21-17(13)22-8-5-18(23,6-9-22)4-3-7-19/h3,7,10-12,23H,4-6,8-9H2,1-2H3. The fourth-order valence-electron chi connectivity index (χ4n) is 3.22. The van der Waals surface area contributed by atoms with Crippen molar-refractivity contribution in [2.45, 2.75) is 24.9 Å². The van der Waals surface area contributed by atoms with Crippen molar-refractivity contribution in [3.05, 3.63) is 28.6 Å². The molecule has 134 valence electrons. The lowest BCUT2D eigenvalue weighted by atomic mass is 9.88. The summed E-state index contributed by atoms with van der Waals surface area (Å²) in [6.07, 6.45) is 5.72. The second kappa shape index (κ2) is 7.74. The molecule has 1 aliphatic rings. The summed E-state index contributed by atoms with van der Waals surface area (Å²) in [7, 11) is 3.23. The predicted molar refractivity (Wildman–Crippen MR) is 107 cm³/mol. The van der Waals surface area contributed by atoms with Crippen LogP contribution in [0.5, 0.6) is 11.5 Å². The average molecular weight is 455 g/mol. The normalized spacial score (nSPS) is 17.2. The number of aromatic nitrogens is 2. The van der Waals surface area contributed by atoms with Gasteiger partial charge in [0.15, 0.2) is 11.5 Å². The van der Waals surface area contributed by atoms with Crippen LogP contribution in [0.4, 0.5) is 5.82 Å². The van der Waals surface area contributed by atoms with Crippen LogP contribution < -0.4 is 14.4 Å². The largest absolute Gasteiger partial charge is 0.493 e. The molecule has 1 fully saturated rings. The topological polar surface area (TPSA) is 67.7 Å².